The van der Waals surface area contributed by atoms with Crippen molar-refractivity contribution in [1.29, 1.82) is 0 Å². The van der Waals surface area contributed by atoms with E-state index >= 15 is 0 Å². The molecule has 3 rings (SSSR count). The number of nitrogens with one attached hydrogen (secondary N) is 2. The molecule has 0 bridgehead atoms. The zero-order valence-electron chi connectivity index (χ0n) is 14.9. The van der Waals surface area contributed by atoms with Gasteiger partial charge in [-0.05, 0) is 19.0 Å². The van der Waals surface area contributed by atoms with Gasteiger partial charge in [-0.15, -0.1) is 0 Å². The first kappa shape index (κ1) is 17.6. The van der Waals surface area contributed by atoms with Crippen LogP contribution in [0, 0.1) is 5.92 Å². The lowest BCUT2D eigenvalue weighted by molar-refractivity contribution is 0.0939. The quantitative estimate of drug-likeness (QED) is 0.855. The topological polar surface area (TPSA) is 68.4 Å². The Morgan fingerprint density at radius 1 is 1.24 bits per heavy atom. The van der Waals surface area contributed by atoms with Gasteiger partial charge >= 0.3 is 0 Å². The molecule has 1 amide bonds. The van der Waals surface area contributed by atoms with Crippen LogP contribution in [0.25, 0.3) is 10.9 Å². The minimum atomic E-state index is -0.255. The number of aromatic nitrogens is 1. The largest absolute Gasteiger partial charge is 0.352 e. The molecule has 2 N–H and O–H groups in total. The molecule has 134 valence electrons. The number of piperazine rings is 1. The van der Waals surface area contributed by atoms with Crippen LogP contribution >= 0.6 is 0 Å². The van der Waals surface area contributed by atoms with Gasteiger partial charge < -0.3 is 20.1 Å². The van der Waals surface area contributed by atoms with Gasteiger partial charge in [0.25, 0.3) is 5.91 Å². The summed E-state index contributed by atoms with van der Waals surface area (Å²) in [5.74, 6) is 0.174. The van der Waals surface area contributed by atoms with Gasteiger partial charge in [0.2, 0.25) is 5.56 Å². The predicted octanol–water partition coefficient (Wildman–Crippen LogP) is 1.14. The van der Waals surface area contributed by atoms with E-state index in [1.165, 1.54) is 6.07 Å². The smallest absolute Gasteiger partial charge is 0.252 e. The first-order chi connectivity index (χ1) is 12.0. The van der Waals surface area contributed by atoms with Crippen molar-refractivity contribution < 1.29 is 4.79 Å². The van der Waals surface area contributed by atoms with Crippen molar-refractivity contribution in [3.63, 3.8) is 0 Å². The number of carbonyl (C=O) groups is 1. The molecule has 1 aromatic heterocycles. The number of benzene rings is 1. The lowest BCUT2D eigenvalue weighted by atomic mass is 10.1. The average Bonchev–Trinajstić information content (AvgIpc) is 2.61. The predicted molar refractivity (Wildman–Crippen MR) is 100 cm³/mol. The number of aromatic amines is 1. The summed E-state index contributed by atoms with van der Waals surface area (Å²) in [6, 6.07) is 8.76. The summed E-state index contributed by atoms with van der Waals surface area (Å²) in [5, 5.41) is 3.76. The van der Waals surface area contributed by atoms with Crippen LogP contribution in [0.15, 0.2) is 35.1 Å². The maximum absolute atomic E-state index is 12.6. The van der Waals surface area contributed by atoms with Crippen LogP contribution in [0.1, 0.15) is 17.3 Å². The molecular weight excluding hydrogens is 316 g/mol. The number of hydrogen-bond donors (Lipinski definition) is 2. The minimum absolute atomic E-state index is 0.187. The van der Waals surface area contributed by atoms with E-state index in [1.54, 1.807) is 0 Å². The summed E-state index contributed by atoms with van der Waals surface area (Å²) >= 11 is 0. The number of fused-ring (bicyclic) bond motifs is 1. The van der Waals surface area contributed by atoms with E-state index in [4.69, 9.17) is 0 Å². The van der Waals surface area contributed by atoms with Crippen LogP contribution in [-0.2, 0) is 0 Å². The van der Waals surface area contributed by atoms with E-state index < -0.39 is 0 Å². The van der Waals surface area contributed by atoms with Crippen molar-refractivity contribution in [3.05, 3.63) is 46.2 Å². The third kappa shape index (κ3) is 4.46. The van der Waals surface area contributed by atoms with E-state index in [9.17, 15) is 9.59 Å². The Labute approximate surface area is 147 Å². The second-order valence-corrected chi connectivity index (χ2v) is 7.01. The number of likely N-dealkylation sites (N-methyl/N-ethyl adjacent to an activating group) is 1. The Morgan fingerprint density at radius 3 is 2.72 bits per heavy atom. The summed E-state index contributed by atoms with van der Waals surface area (Å²) in [7, 11) is 2.15. The van der Waals surface area contributed by atoms with Crippen LogP contribution in [0.5, 0.6) is 0 Å². The highest BCUT2D eigenvalue weighted by atomic mass is 16.2. The molecule has 6 nitrogen and oxygen atoms in total. The van der Waals surface area contributed by atoms with Crippen LogP contribution < -0.4 is 10.9 Å². The first-order valence-corrected chi connectivity index (χ1v) is 8.84. The molecule has 2 heterocycles. The third-order valence-corrected chi connectivity index (χ3v) is 4.77. The third-order valence-electron chi connectivity index (χ3n) is 4.77. The van der Waals surface area contributed by atoms with Crippen LogP contribution in [0.2, 0.25) is 0 Å². The fourth-order valence-corrected chi connectivity index (χ4v) is 3.29. The Morgan fingerprint density at radius 2 is 1.96 bits per heavy atom. The maximum Gasteiger partial charge on any atom is 0.252 e. The fourth-order valence-electron chi connectivity index (χ4n) is 3.29. The maximum atomic E-state index is 12.6. The molecular formula is C19H26N4O2. The first-order valence-electron chi connectivity index (χ1n) is 8.84. The Kier molecular flexibility index (Phi) is 5.50. The highest BCUT2D eigenvalue weighted by molar-refractivity contribution is 6.05. The molecule has 1 atom stereocenters. The van der Waals surface area contributed by atoms with Gasteiger partial charge in [-0.25, -0.2) is 0 Å². The molecule has 1 saturated heterocycles. The zero-order valence-corrected chi connectivity index (χ0v) is 14.9. The highest BCUT2D eigenvalue weighted by Gasteiger charge is 2.17. The average molecular weight is 342 g/mol. The second-order valence-electron chi connectivity index (χ2n) is 7.01. The lowest BCUT2D eigenvalue weighted by Gasteiger charge is -2.33. The van der Waals surface area contributed by atoms with Crippen molar-refractivity contribution in [1.82, 2.24) is 20.1 Å². The molecule has 1 aliphatic rings. The van der Waals surface area contributed by atoms with Crippen molar-refractivity contribution in [2.45, 2.75) is 6.92 Å². The monoisotopic (exact) mass is 342 g/mol. The number of nitrogens with zero attached hydrogens (tertiary/aromatic N) is 2. The zero-order chi connectivity index (χ0) is 17.8. The lowest BCUT2D eigenvalue weighted by Crippen LogP contribution is -2.46. The van der Waals surface area contributed by atoms with Crippen LogP contribution in [0.3, 0.4) is 0 Å². The number of amides is 1. The van der Waals surface area contributed by atoms with Gasteiger partial charge in [-0.1, -0.05) is 25.1 Å². The molecule has 1 aromatic carbocycles. The standard InChI is InChI=1S/C19H26N4O2/c1-14(13-23-9-7-22(2)8-10-23)12-20-19(25)16-11-18(24)21-17-6-4-3-5-15(16)17/h3-6,11,14H,7-10,12-13H2,1-2H3,(H,20,25)(H,21,24). The SMILES string of the molecule is CC(CNC(=O)c1cc(=O)[nH]c2ccccc12)CN1CCN(C)CC1. The van der Waals surface area contributed by atoms with Gasteiger partial charge in [-0.2, -0.15) is 0 Å². The van der Waals surface area contributed by atoms with E-state index in [2.05, 4.69) is 34.1 Å². The number of carbonyl (C=O) groups excluding carboxylic acids is 1. The van der Waals surface area contributed by atoms with E-state index in [1.807, 2.05) is 24.3 Å². The minimum Gasteiger partial charge on any atom is -0.352 e. The van der Waals surface area contributed by atoms with Gasteiger partial charge in [0, 0.05) is 56.2 Å². The van der Waals surface area contributed by atoms with Crippen molar-refractivity contribution >= 4 is 16.8 Å². The van der Waals surface area contributed by atoms with Gasteiger partial charge in [-0.3, -0.25) is 9.59 Å². The van der Waals surface area contributed by atoms with E-state index in [0.717, 1.165) is 38.1 Å². The van der Waals surface area contributed by atoms with E-state index in [0.29, 0.717) is 23.5 Å². The number of hydrogen-bond acceptors (Lipinski definition) is 4. The highest BCUT2D eigenvalue weighted by Crippen LogP contribution is 2.14. The molecule has 1 unspecified atom stereocenters. The van der Waals surface area contributed by atoms with Crippen LogP contribution in [0.4, 0.5) is 0 Å². The van der Waals surface area contributed by atoms with Gasteiger partial charge in [0.05, 0.1) is 5.56 Å². The van der Waals surface area contributed by atoms with Gasteiger partial charge in [0.1, 0.15) is 0 Å². The molecule has 1 fully saturated rings. The van der Waals surface area contributed by atoms with Crippen molar-refractivity contribution in [3.8, 4) is 0 Å². The number of para-hydroxylation sites is 1. The Bertz CT molecular complexity index is 793. The second kappa shape index (κ2) is 7.80. The molecule has 0 radical (unpaired) electrons. The fraction of sp³-hybridized carbons (Fsp3) is 0.474. The summed E-state index contributed by atoms with van der Waals surface area (Å²) < 4.78 is 0. The molecule has 0 spiro atoms. The van der Waals surface area contributed by atoms with E-state index in [-0.39, 0.29) is 11.5 Å². The van der Waals surface area contributed by atoms with Crippen molar-refractivity contribution in [2.24, 2.45) is 5.92 Å². The number of pyridine rings is 1. The Hall–Kier alpha value is -2.18. The number of rotatable bonds is 5. The molecule has 6 heteroatoms. The summed E-state index contributed by atoms with van der Waals surface area (Å²) in [6.45, 7) is 8.07. The molecule has 0 aliphatic carbocycles. The molecule has 2 aromatic rings. The van der Waals surface area contributed by atoms with Crippen molar-refractivity contribution in [2.75, 3.05) is 46.3 Å². The normalized spacial score (nSPS) is 17.5. The molecule has 0 saturated carbocycles. The van der Waals surface area contributed by atoms with Crippen LogP contribution in [-0.4, -0.2) is 67.0 Å². The summed E-state index contributed by atoms with van der Waals surface area (Å²) in [4.78, 5) is 31.9. The van der Waals surface area contributed by atoms with Gasteiger partial charge in [0.15, 0.2) is 0 Å². The number of H-pyrrole nitrogens is 1. The molecule has 1 aliphatic heterocycles. The molecule has 25 heavy (non-hydrogen) atoms. The summed E-state index contributed by atoms with van der Waals surface area (Å²) in [6.07, 6.45) is 0. The summed E-state index contributed by atoms with van der Waals surface area (Å²) in [5.41, 5.74) is 0.867. The Balaban J connectivity index is 1.60.